The van der Waals surface area contributed by atoms with E-state index in [9.17, 15) is 24.3 Å². The van der Waals surface area contributed by atoms with Crippen molar-refractivity contribution >= 4 is 51.4 Å². The van der Waals surface area contributed by atoms with Crippen molar-refractivity contribution in [1.29, 1.82) is 0 Å². The van der Waals surface area contributed by atoms with Crippen molar-refractivity contribution in [3.63, 3.8) is 0 Å². The third kappa shape index (κ3) is 3.42. The summed E-state index contributed by atoms with van der Waals surface area (Å²) in [5.74, 6) is -3.47. The normalized spacial score (nSPS) is 26.0. The Morgan fingerprint density at radius 1 is 0.900 bits per heavy atom. The van der Waals surface area contributed by atoms with Gasteiger partial charge in [-0.3, -0.25) is 24.1 Å². The lowest BCUT2D eigenvalue weighted by molar-refractivity contribution is -0.123. The van der Waals surface area contributed by atoms with Gasteiger partial charge in [0.1, 0.15) is 5.75 Å². The van der Waals surface area contributed by atoms with Gasteiger partial charge in [-0.25, -0.2) is 0 Å². The number of phenols is 1. The second kappa shape index (κ2) is 8.86. The van der Waals surface area contributed by atoms with E-state index in [0.29, 0.717) is 44.8 Å². The fraction of sp³-hybridized carbons (Fsp3) is 0.212. The maximum atomic E-state index is 13.9. The summed E-state index contributed by atoms with van der Waals surface area (Å²) in [6, 6.07) is 17.7. The number of Topliss-reactive ketones (excluding diaryl/α,β-unsaturated/α-hetero) is 1. The number of amides is 2. The molecule has 1 saturated heterocycles. The molecule has 0 aromatic heterocycles. The van der Waals surface area contributed by atoms with Gasteiger partial charge in [0.2, 0.25) is 11.8 Å². The van der Waals surface area contributed by atoms with Gasteiger partial charge in [0, 0.05) is 38.6 Å². The highest BCUT2D eigenvalue weighted by Gasteiger charge is 2.56. The smallest absolute Gasteiger partial charge is 0.238 e. The lowest BCUT2D eigenvalue weighted by Gasteiger charge is -2.42. The minimum Gasteiger partial charge on any atom is -0.507 e. The molecule has 0 spiro atoms. The first-order valence-electron chi connectivity index (χ1n) is 13.3. The van der Waals surface area contributed by atoms with Crippen molar-refractivity contribution in [1.82, 2.24) is 0 Å². The van der Waals surface area contributed by atoms with Crippen LogP contribution in [0, 0.1) is 17.8 Å². The number of hydrogen-bond acceptors (Lipinski definition) is 5. The van der Waals surface area contributed by atoms with Crippen LogP contribution < -0.4 is 4.90 Å². The fourth-order valence-electron chi connectivity index (χ4n) is 7.07. The summed E-state index contributed by atoms with van der Waals surface area (Å²) in [5.41, 5.74) is 2.85. The largest absolute Gasteiger partial charge is 0.507 e. The van der Waals surface area contributed by atoms with Crippen LogP contribution in [0.15, 0.2) is 95.1 Å². The third-order valence-electron chi connectivity index (χ3n) is 8.89. The zero-order valence-electron chi connectivity index (χ0n) is 21.6. The van der Waals surface area contributed by atoms with E-state index in [4.69, 9.17) is 11.6 Å². The molecular formula is C33H24ClNO5. The molecule has 3 aromatic rings. The summed E-state index contributed by atoms with van der Waals surface area (Å²) in [6.07, 6.45) is 3.83. The quantitative estimate of drug-likeness (QED) is 0.246. The Hall–Kier alpha value is -4.29. The monoisotopic (exact) mass is 549 g/mol. The number of benzene rings is 3. The van der Waals surface area contributed by atoms with Gasteiger partial charge in [0.25, 0.3) is 0 Å². The first kappa shape index (κ1) is 24.7. The maximum Gasteiger partial charge on any atom is 0.238 e. The van der Waals surface area contributed by atoms with Crippen LogP contribution in [0.1, 0.15) is 31.2 Å². The topological polar surface area (TPSA) is 91.8 Å². The number of carbonyl (C=O) groups is 4. The molecule has 2 amide bonds. The van der Waals surface area contributed by atoms with E-state index in [1.807, 2.05) is 36.4 Å². The van der Waals surface area contributed by atoms with Crippen molar-refractivity contribution in [2.45, 2.75) is 25.7 Å². The summed E-state index contributed by atoms with van der Waals surface area (Å²) in [4.78, 5) is 55.7. The summed E-state index contributed by atoms with van der Waals surface area (Å²) in [5, 5.41) is 13.5. The van der Waals surface area contributed by atoms with Crippen LogP contribution in [0.3, 0.4) is 0 Å². The second-order valence-electron chi connectivity index (χ2n) is 10.9. The number of phenolic OH excluding ortho intramolecular Hbond substituents is 1. The van der Waals surface area contributed by atoms with Crippen molar-refractivity contribution in [2.24, 2.45) is 17.8 Å². The lowest BCUT2D eigenvalue weighted by Crippen LogP contribution is -2.39. The highest BCUT2D eigenvalue weighted by Crippen LogP contribution is 2.56. The van der Waals surface area contributed by atoms with Gasteiger partial charge in [0.15, 0.2) is 11.6 Å². The van der Waals surface area contributed by atoms with E-state index in [1.165, 1.54) is 11.0 Å². The van der Waals surface area contributed by atoms with E-state index in [2.05, 4.69) is 0 Å². The fourth-order valence-corrected chi connectivity index (χ4v) is 7.19. The molecule has 0 bridgehead atoms. The Morgan fingerprint density at radius 2 is 1.65 bits per heavy atom. The average Bonchev–Trinajstić information content (AvgIpc) is 3.21. The van der Waals surface area contributed by atoms with Gasteiger partial charge in [-0.1, -0.05) is 59.6 Å². The van der Waals surface area contributed by atoms with E-state index in [1.54, 1.807) is 37.3 Å². The molecule has 3 aliphatic carbocycles. The van der Waals surface area contributed by atoms with Gasteiger partial charge in [-0.15, -0.1) is 0 Å². The number of rotatable bonds is 2. The van der Waals surface area contributed by atoms with Crippen LogP contribution in [0.25, 0.3) is 10.8 Å². The van der Waals surface area contributed by atoms with Gasteiger partial charge in [-0.2, -0.15) is 0 Å². The molecule has 4 aliphatic rings. The molecule has 1 N–H and O–H groups in total. The van der Waals surface area contributed by atoms with Crippen LogP contribution in [-0.2, 0) is 19.2 Å². The Bertz CT molecular complexity index is 1780. The standard InChI is InChI=1S/C33H24ClNO5/c1-16-14-26(36)25-15-24-21(12-13-23-28(24)33(40)35(32(23)39)19-9-7-18(34)8-10-19)27(29(25)30(16)37)22-11-6-17-4-2-3-5-20(17)31(22)38/h2-12,14,23-24,27-28,38H,13,15H2,1H3. The van der Waals surface area contributed by atoms with Crippen LogP contribution >= 0.6 is 11.6 Å². The van der Waals surface area contributed by atoms with E-state index >= 15 is 0 Å². The molecule has 4 atom stereocenters. The van der Waals surface area contributed by atoms with Crippen LogP contribution in [-0.4, -0.2) is 28.5 Å². The number of hydrogen-bond donors (Lipinski definition) is 1. The summed E-state index contributed by atoms with van der Waals surface area (Å²) in [6.45, 7) is 1.63. The van der Waals surface area contributed by atoms with Gasteiger partial charge in [-0.05, 0) is 61.4 Å². The van der Waals surface area contributed by atoms with Crippen LogP contribution in [0.2, 0.25) is 5.02 Å². The molecule has 3 aromatic carbocycles. The van der Waals surface area contributed by atoms with Crippen molar-refractivity contribution in [3.8, 4) is 5.75 Å². The molecule has 1 fully saturated rings. The Morgan fingerprint density at radius 3 is 2.42 bits per heavy atom. The SMILES string of the molecule is CC1=CC(=O)C2=C(C1=O)C(c1ccc3ccccc3c1O)C1=CCC3C(=O)N(c4ccc(Cl)cc4)C(=O)C3C1C2. The molecule has 6 nitrogen and oxygen atoms in total. The Kier molecular flexibility index (Phi) is 5.48. The minimum absolute atomic E-state index is 0.0442. The Labute approximate surface area is 235 Å². The van der Waals surface area contributed by atoms with Crippen molar-refractivity contribution < 1.29 is 24.3 Å². The molecule has 0 saturated carbocycles. The zero-order valence-corrected chi connectivity index (χ0v) is 22.3. The molecule has 1 aliphatic heterocycles. The average molecular weight is 550 g/mol. The molecule has 0 radical (unpaired) electrons. The van der Waals surface area contributed by atoms with E-state index in [-0.39, 0.29) is 35.6 Å². The number of carbonyl (C=O) groups excluding carboxylic acids is 4. The summed E-state index contributed by atoms with van der Waals surface area (Å²) >= 11 is 6.04. The number of aromatic hydroxyl groups is 1. The molecule has 40 heavy (non-hydrogen) atoms. The molecule has 1 heterocycles. The number of ketones is 2. The summed E-state index contributed by atoms with van der Waals surface area (Å²) in [7, 11) is 0. The highest BCUT2D eigenvalue weighted by molar-refractivity contribution is 6.31. The van der Waals surface area contributed by atoms with Crippen LogP contribution in [0.5, 0.6) is 5.75 Å². The molecule has 198 valence electrons. The summed E-state index contributed by atoms with van der Waals surface area (Å²) < 4.78 is 0. The maximum absolute atomic E-state index is 13.9. The minimum atomic E-state index is -0.702. The second-order valence-corrected chi connectivity index (χ2v) is 11.4. The van der Waals surface area contributed by atoms with Gasteiger partial charge in [0.05, 0.1) is 17.5 Å². The number of nitrogens with zero attached hydrogens (tertiary/aromatic N) is 1. The Balaban J connectivity index is 1.40. The predicted molar refractivity (Wildman–Crippen MR) is 151 cm³/mol. The van der Waals surface area contributed by atoms with Crippen molar-refractivity contribution in [2.75, 3.05) is 4.90 Å². The predicted octanol–water partition coefficient (Wildman–Crippen LogP) is 5.83. The van der Waals surface area contributed by atoms with Crippen LogP contribution in [0.4, 0.5) is 5.69 Å². The molecule has 7 heteroatoms. The van der Waals surface area contributed by atoms with Gasteiger partial charge < -0.3 is 5.11 Å². The third-order valence-corrected chi connectivity index (χ3v) is 9.14. The van der Waals surface area contributed by atoms with Gasteiger partial charge >= 0.3 is 0 Å². The molecule has 7 rings (SSSR count). The zero-order chi connectivity index (χ0) is 27.9. The molecule has 4 unspecified atom stereocenters. The number of imide groups is 1. The number of fused-ring (bicyclic) bond motifs is 4. The first-order valence-corrected chi connectivity index (χ1v) is 13.7. The van der Waals surface area contributed by atoms with Crippen molar-refractivity contribution in [3.05, 3.63) is 106 Å². The number of anilines is 1. The van der Waals surface area contributed by atoms with E-state index < -0.39 is 23.7 Å². The number of halogens is 1. The highest BCUT2D eigenvalue weighted by atomic mass is 35.5. The number of allylic oxidation sites excluding steroid dienone is 6. The van der Waals surface area contributed by atoms with E-state index in [0.717, 1.165) is 11.0 Å². The molecular weight excluding hydrogens is 526 g/mol. The lowest BCUT2D eigenvalue weighted by atomic mass is 9.59. The first-order chi connectivity index (χ1) is 19.3.